The maximum atomic E-state index is 13.1. The maximum absolute atomic E-state index is 13.1. The summed E-state index contributed by atoms with van der Waals surface area (Å²) in [4.78, 5) is 9.34. The van der Waals surface area contributed by atoms with Crippen LogP contribution < -0.4 is 5.32 Å². The van der Waals surface area contributed by atoms with Crippen LogP contribution in [0.1, 0.15) is 63.4 Å². The molecule has 0 bridgehead atoms. The zero-order valence-corrected chi connectivity index (χ0v) is 18.8. The van der Waals surface area contributed by atoms with E-state index >= 15 is 0 Å². The van der Waals surface area contributed by atoms with Crippen molar-refractivity contribution in [2.75, 3.05) is 0 Å². The number of carbonyl (C=O) groups is 1. The van der Waals surface area contributed by atoms with Gasteiger partial charge in [0.2, 0.25) is 0 Å². The first-order chi connectivity index (χ1) is 15.5. The van der Waals surface area contributed by atoms with Crippen molar-refractivity contribution >= 4 is 15.9 Å². The van der Waals surface area contributed by atoms with E-state index in [4.69, 9.17) is 15.1 Å². The van der Waals surface area contributed by atoms with Gasteiger partial charge in [-0.15, -0.1) is 0 Å². The molecule has 0 saturated heterocycles. The number of hydrogen-bond acceptors (Lipinski definition) is 5. The van der Waals surface area contributed by atoms with Crippen LogP contribution in [0, 0.1) is 11.3 Å². The third-order valence-electron chi connectivity index (χ3n) is 6.27. The molecule has 0 unspecified atom stereocenters. The predicted molar refractivity (Wildman–Crippen MR) is 112 cm³/mol. The number of amides is 1. The van der Waals surface area contributed by atoms with Gasteiger partial charge in [-0.25, -0.2) is 13.2 Å². The highest BCUT2D eigenvalue weighted by Crippen LogP contribution is 2.39. The second-order valence-electron chi connectivity index (χ2n) is 8.76. The van der Waals surface area contributed by atoms with Gasteiger partial charge in [0, 0.05) is 0 Å². The van der Waals surface area contributed by atoms with Crippen molar-refractivity contribution in [2.24, 2.45) is 0 Å². The fourth-order valence-electron chi connectivity index (χ4n) is 4.33. The standard InChI is InChI=1S/C17H21F3O3S.C5H6N2O2/c18-17(19,20)15-7-3-4-8-16(15)24(21,22)14-10-9-13(11-14)23-12-5-1-2-6-12;6-3-5(1-2-5)7-4(8)9/h3-4,7-8,12-14H,1-2,5-6,9-11H2;7H,1-2H2,(H,8,9)/t13-,14-;/m1./s1. The summed E-state index contributed by atoms with van der Waals surface area (Å²) in [5.41, 5.74) is -1.81. The van der Waals surface area contributed by atoms with Gasteiger partial charge in [0.05, 0.1) is 34.0 Å². The third-order valence-corrected chi connectivity index (χ3v) is 8.55. The third kappa shape index (κ3) is 6.38. The molecule has 4 rings (SSSR count). The topological polar surface area (TPSA) is 116 Å². The van der Waals surface area contributed by atoms with Gasteiger partial charge < -0.3 is 15.2 Å². The highest BCUT2D eigenvalue weighted by molar-refractivity contribution is 7.92. The van der Waals surface area contributed by atoms with Crippen molar-refractivity contribution in [1.29, 1.82) is 5.26 Å². The average Bonchev–Trinajstić information content (AvgIpc) is 3.13. The predicted octanol–water partition coefficient (Wildman–Crippen LogP) is 4.67. The summed E-state index contributed by atoms with van der Waals surface area (Å²) in [6, 6.07) is 6.33. The Bertz CT molecular complexity index is 996. The van der Waals surface area contributed by atoms with Gasteiger partial charge >= 0.3 is 12.3 Å². The van der Waals surface area contributed by atoms with Crippen molar-refractivity contribution in [3.05, 3.63) is 29.8 Å². The molecule has 3 aliphatic carbocycles. The fraction of sp³-hybridized carbons (Fsp3) is 0.636. The van der Waals surface area contributed by atoms with Crippen LogP contribution in [0.3, 0.4) is 0 Å². The molecule has 3 fully saturated rings. The molecular weight excluding hydrogens is 461 g/mol. The lowest BCUT2D eigenvalue weighted by Gasteiger charge is -2.19. The molecule has 0 aliphatic heterocycles. The van der Waals surface area contributed by atoms with E-state index in [2.05, 4.69) is 5.32 Å². The quantitative estimate of drug-likeness (QED) is 0.622. The monoisotopic (exact) mass is 488 g/mol. The molecule has 11 heteroatoms. The Kier molecular flexibility index (Phi) is 7.59. The largest absolute Gasteiger partial charge is 0.465 e. The Labute approximate surface area is 190 Å². The highest BCUT2D eigenvalue weighted by atomic mass is 32.2. The molecule has 2 N–H and O–H groups in total. The van der Waals surface area contributed by atoms with E-state index < -0.39 is 43.4 Å². The van der Waals surface area contributed by atoms with Gasteiger partial charge in [0.25, 0.3) is 0 Å². The molecule has 1 amide bonds. The molecule has 0 radical (unpaired) electrons. The summed E-state index contributed by atoms with van der Waals surface area (Å²) in [6.45, 7) is 0. The highest BCUT2D eigenvalue weighted by Gasteiger charge is 2.45. The second kappa shape index (κ2) is 9.89. The number of ether oxygens (including phenoxy) is 1. The molecule has 3 aliphatic rings. The summed E-state index contributed by atoms with van der Waals surface area (Å²) in [5, 5.41) is 17.8. The summed E-state index contributed by atoms with van der Waals surface area (Å²) in [6.07, 6.45) is 0.976. The van der Waals surface area contributed by atoms with E-state index in [1.165, 1.54) is 12.1 Å². The number of benzene rings is 1. The van der Waals surface area contributed by atoms with Crippen LogP contribution in [-0.2, 0) is 20.8 Å². The molecule has 0 spiro atoms. The Morgan fingerprint density at radius 2 is 1.76 bits per heavy atom. The van der Waals surface area contributed by atoms with Crippen LogP contribution in [0.15, 0.2) is 29.2 Å². The van der Waals surface area contributed by atoms with Crippen molar-refractivity contribution in [3.8, 4) is 6.07 Å². The van der Waals surface area contributed by atoms with E-state index in [0.29, 0.717) is 25.7 Å². The van der Waals surface area contributed by atoms with Gasteiger partial charge in [0.15, 0.2) is 9.84 Å². The van der Waals surface area contributed by atoms with Crippen molar-refractivity contribution in [3.63, 3.8) is 0 Å². The Balaban J connectivity index is 0.000000286. The van der Waals surface area contributed by atoms with E-state index in [9.17, 15) is 26.4 Å². The molecule has 0 heterocycles. The van der Waals surface area contributed by atoms with Gasteiger partial charge in [-0.05, 0) is 57.1 Å². The lowest BCUT2D eigenvalue weighted by Crippen LogP contribution is -2.33. The minimum Gasteiger partial charge on any atom is -0.465 e. The zero-order valence-electron chi connectivity index (χ0n) is 18.0. The van der Waals surface area contributed by atoms with E-state index in [-0.39, 0.29) is 18.6 Å². The normalized spacial score (nSPS) is 24.4. The first-order valence-corrected chi connectivity index (χ1v) is 12.5. The van der Waals surface area contributed by atoms with Crippen molar-refractivity contribution in [2.45, 2.75) is 91.9 Å². The molecule has 7 nitrogen and oxygen atoms in total. The smallest absolute Gasteiger partial charge is 0.417 e. The first kappa shape index (κ1) is 25.3. The number of nitrogens with one attached hydrogen (secondary N) is 1. The van der Waals surface area contributed by atoms with Gasteiger partial charge in [0.1, 0.15) is 5.54 Å². The molecule has 33 heavy (non-hydrogen) atoms. The second-order valence-corrected chi connectivity index (χ2v) is 11.0. The van der Waals surface area contributed by atoms with Crippen LogP contribution in [0.25, 0.3) is 0 Å². The number of halogens is 3. The number of hydrogen-bond donors (Lipinski definition) is 2. The lowest BCUT2D eigenvalue weighted by molar-refractivity contribution is -0.139. The van der Waals surface area contributed by atoms with Gasteiger partial charge in [-0.3, -0.25) is 0 Å². The van der Waals surface area contributed by atoms with Crippen molar-refractivity contribution in [1.82, 2.24) is 5.32 Å². The minimum atomic E-state index is -4.68. The van der Waals surface area contributed by atoms with E-state index in [1.54, 1.807) is 0 Å². The fourth-order valence-corrected chi connectivity index (χ4v) is 6.36. The van der Waals surface area contributed by atoms with Gasteiger partial charge in [-0.1, -0.05) is 25.0 Å². The van der Waals surface area contributed by atoms with E-state index in [0.717, 1.165) is 37.8 Å². The molecule has 2 atom stereocenters. The zero-order chi connectivity index (χ0) is 24.3. The Morgan fingerprint density at radius 1 is 1.12 bits per heavy atom. The Morgan fingerprint density at radius 3 is 2.27 bits per heavy atom. The molecule has 1 aromatic carbocycles. The summed E-state index contributed by atoms with van der Waals surface area (Å²) in [7, 11) is -4.02. The van der Waals surface area contributed by atoms with Crippen LogP contribution in [0.2, 0.25) is 0 Å². The van der Waals surface area contributed by atoms with Crippen LogP contribution >= 0.6 is 0 Å². The average molecular weight is 489 g/mol. The number of rotatable bonds is 5. The number of carboxylic acid groups (broad SMARTS) is 1. The number of nitriles is 1. The first-order valence-electron chi connectivity index (χ1n) is 10.9. The van der Waals surface area contributed by atoms with Crippen molar-refractivity contribution < 1.29 is 36.2 Å². The molecule has 0 aromatic heterocycles. The molecule has 182 valence electrons. The Hall–Kier alpha value is -2.32. The van der Waals surface area contributed by atoms with Crippen LogP contribution in [0.5, 0.6) is 0 Å². The SMILES string of the molecule is N#CC1(NC(=O)O)CC1.O=S(=O)(c1ccccc1C(F)(F)F)[C@@H]1CC[C@@H](OC2CCCC2)C1. The maximum Gasteiger partial charge on any atom is 0.417 e. The van der Waals surface area contributed by atoms with Crippen LogP contribution in [0.4, 0.5) is 18.0 Å². The summed E-state index contributed by atoms with van der Waals surface area (Å²) in [5.74, 6) is 0. The number of alkyl halides is 3. The minimum absolute atomic E-state index is 0.161. The molecule has 3 saturated carbocycles. The lowest BCUT2D eigenvalue weighted by atomic mass is 10.2. The molecule has 1 aromatic rings. The number of sulfone groups is 1. The van der Waals surface area contributed by atoms with E-state index in [1.807, 2.05) is 6.07 Å². The number of nitrogens with zero attached hydrogens (tertiary/aromatic N) is 1. The van der Waals surface area contributed by atoms with Gasteiger partial charge in [-0.2, -0.15) is 18.4 Å². The molecular formula is C22H27F3N2O5S. The van der Waals surface area contributed by atoms with Crippen LogP contribution in [-0.4, -0.2) is 42.6 Å². The summed E-state index contributed by atoms with van der Waals surface area (Å²) >= 11 is 0. The summed E-state index contributed by atoms with van der Waals surface area (Å²) < 4.78 is 70.8.